The summed E-state index contributed by atoms with van der Waals surface area (Å²) >= 11 is 0. The van der Waals surface area contributed by atoms with E-state index < -0.39 is 0 Å². The van der Waals surface area contributed by atoms with Crippen LogP contribution in [0.2, 0.25) is 0 Å². The molecular weight excluding hydrogens is 356 g/mol. The third-order valence-electron chi connectivity index (χ3n) is 5.50. The molecule has 7 heteroatoms. The van der Waals surface area contributed by atoms with Crippen molar-refractivity contribution in [1.82, 2.24) is 9.88 Å². The maximum atomic E-state index is 12.7. The van der Waals surface area contributed by atoms with Gasteiger partial charge in [0, 0.05) is 44.8 Å². The highest BCUT2D eigenvalue weighted by molar-refractivity contribution is 5.96. The van der Waals surface area contributed by atoms with E-state index in [1.165, 1.54) is 25.0 Å². The number of piperazine rings is 1. The highest BCUT2D eigenvalue weighted by atomic mass is 16.3. The van der Waals surface area contributed by atoms with Crippen molar-refractivity contribution >= 4 is 23.7 Å². The average Bonchev–Trinajstić information content (AvgIpc) is 3.29. The number of carbonyl (C=O) groups is 2. The molecule has 0 radical (unpaired) electrons. The molecule has 2 aromatic rings. The molecule has 2 saturated heterocycles. The van der Waals surface area contributed by atoms with E-state index in [1.807, 2.05) is 6.20 Å². The predicted molar refractivity (Wildman–Crippen MR) is 107 cm³/mol. The van der Waals surface area contributed by atoms with Gasteiger partial charge in [-0.15, -0.1) is 0 Å². The number of rotatable bonds is 4. The molecule has 7 nitrogen and oxygen atoms in total. The van der Waals surface area contributed by atoms with Gasteiger partial charge in [-0.05, 0) is 43.2 Å². The summed E-state index contributed by atoms with van der Waals surface area (Å²) in [7, 11) is 0. The zero-order valence-corrected chi connectivity index (χ0v) is 15.8. The molecule has 0 bridgehead atoms. The number of anilines is 2. The lowest BCUT2D eigenvalue weighted by Crippen LogP contribution is -2.48. The van der Waals surface area contributed by atoms with Crippen LogP contribution in [0.4, 0.5) is 11.5 Å². The lowest BCUT2D eigenvalue weighted by Gasteiger charge is -2.36. The molecule has 1 aromatic heterocycles. The highest BCUT2D eigenvalue weighted by Gasteiger charge is 2.23. The first-order valence-electron chi connectivity index (χ1n) is 9.69. The van der Waals surface area contributed by atoms with Crippen LogP contribution >= 0.6 is 0 Å². The molecule has 0 aliphatic carbocycles. The summed E-state index contributed by atoms with van der Waals surface area (Å²) in [5.41, 5.74) is 1.63. The van der Waals surface area contributed by atoms with Gasteiger partial charge in [0.2, 0.25) is 0 Å². The standard InChI is InChI=1S/C21H24N4O3/c26-15-17-13-16(3-5-19(17)27)21(28)25-11-9-23(10-12-25)18-4-6-20(22-14-18)24-7-1-2-8-24/h3-6,13-15,27H,1-2,7-12H2. The number of nitrogens with zero attached hydrogens (tertiary/aromatic N) is 4. The minimum atomic E-state index is -0.120. The van der Waals surface area contributed by atoms with E-state index in [-0.39, 0.29) is 17.2 Å². The van der Waals surface area contributed by atoms with E-state index in [4.69, 9.17) is 0 Å². The van der Waals surface area contributed by atoms with Gasteiger partial charge in [0.1, 0.15) is 11.6 Å². The number of hydrogen-bond acceptors (Lipinski definition) is 6. The summed E-state index contributed by atoms with van der Waals surface area (Å²) in [5, 5.41) is 9.60. The van der Waals surface area contributed by atoms with Crippen molar-refractivity contribution in [1.29, 1.82) is 0 Å². The maximum Gasteiger partial charge on any atom is 0.254 e. The molecule has 28 heavy (non-hydrogen) atoms. The monoisotopic (exact) mass is 380 g/mol. The molecule has 2 aliphatic heterocycles. The number of amides is 1. The number of aldehydes is 1. The molecule has 146 valence electrons. The van der Waals surface area contributed by atoms with Crippen LogP contribution in [-0.2, 0) is 0 Å². The Morgan fingerprint density at radius 1 is 0.964 bits per heavy atom. The van der Waals surface area contributed by atoms with Crippen molar-refractivity contribution in [2.75, 3.05) is 49.1 Å². The second kappa shape index (κ2) is 7.88. The van der Waals surface area contributed by atoms with Crippen LogP contribution in [0.5, 0.6) is 5.75 Å². The van der Waals surface area contributed by atoms with Crippen molar-refractivity contribution < 1.29 is 14.7 Å². The molecule has 0 saturated carbocycles. The van der Waals surface area contributed by atoms with Crippen LogP contribution in [0.15, 0.2) is 36.5 Å². The van der Waals surface area contributed by atoms with Gasteiger partial charge in [0.05, 0.1) is 17.4 Å². The van der Waals surface area contributed by atoms with Crippen molar-refractivity contribution in [3.05, 3.63) is 47.7 Å². The largest absolute Gasteiger partial charge is 0.507 e. The highest BCUT2D eigenvalue weighted by Crippen LogP contribution is 2.23. The number of carbonyl (C=O) groups excluding carboxylic acids is 2. The normalized spacial score (nSPS) is 17.1. The second-order valence-corrected chi connectivity index (χ2v) is 7.24. The Morgan fingerprint density at radius 3 is 2.36 bits per heavy atom. The third-order valence-corrected chi connectivity index (χ3v) is 5.50. The van der Waals surface area contributed by atoms with Gasteiger partial charge in [0.25, 0.3) is 5.91 Å². The predicted octanol–water partition coefficient (Wildman–Crippen LogP) is 2.16. The van der Waals surface area contributed by atoms with Gasteiger partial charge in [-0.25, -0.2) is 4.98 Å². The average molecular weight is 380 g/mol. The first-order valence-corrected chi connectivity index (χ1v) is 9.69. The van der Waals surface area contributed by atoms with Gasteiger partial charge in [0.15, 0.2) is 6.29 Å². The summed E-state index contributed by atoms with van der Waals surface area (Å²) in [5.74, 6) is 0.805. The topological polar surface area (TPSA) is 77.0 Å². The van der Waals surface area contributed by atoms with E-state index >= 15 is 0 Å². The fourth-order valence-electron chi connectivity index (χ4n) is 3.83. The molecule has 2 aliphatic rings. The summed E-state index contributed by atoms with van der Waals surface area (Å²) in [6.45, 7) is 4.82. The third kappa shape index (κ3) is 3.65. The van der Waals surface area contributed by atoms with Crippen LogP contribution in [0.3, 0.4) is 0 Å². The molecule has 1 aromatic carbocycles. The zero-order chi connectivity index (χ0) is 19.5. The lowest BCUT2D eigenvalue weighted by atomic mass is 10.1. The van der Waals surface area contributed by atoms with E-state index in [0.717, 1.165) is 37.7 Å². The van der Waals surface area contributed by atoms with Crippen molar-refractivity contribution in [3.8, 4) is 5.75 Å². The number of benzene rings is 1. The van der Waals surface area contributed by atoms with Crippen molar-refractivity contribution in [2.45, 2.75) is 12.8 Å². The first kappa shape index (κ1) is 18.3. The van der Waals surface area contributed by atoms with E-state index in [2.05, 4.69) is 26.9 Å². The second-order valence-electron chi connectivity index (χ2n) is 7.24. The first-order chi connectivity index (χ1) is 13.7. The van der Waals surface area contributed by atoms with Crippen LogP contribution in [0.25, 0.3) is 0 Å². The van der Waals surface area contributed by atoms with Gasteiger partial charge in [-0.1, -0.05) is 0 Å². The summed E-state index contributed by atoms with van der Waals surface area (Å²) in [6.07, 6.45) is 4.94. The summed E-state index contributed by atoms with van der Waals surface area (Å²) < 4.78 is 0. The molecular formula is C21H24N4O3. The van der Waals surface area contributed by atoms with Crippen LogP contribution < -0.4 is 9.80 Å². The number of aromatic nitrogens is 1. The molecule has 0 atom stereocenters. The fraction of sp³-hybridized carbons (Fsp3) is 0.381. The molecule has 2 fully saturated rings. The number of phenols is 1. The lowest BCUT2D eigenvalue weighted by molar-refractivity contribution is 0.0746. The fourth-order valence-corrected chi connectivity index (χ4v) is 3.83. The molecule has 3 heterocycles. The Hall–Kier alpha value is -3.09. The Bertz CT molecular complexity index is 854. The van der Waals surface area contributed by atoms with Crippen LogP contribution in [0, 0.1) is 0 Å². The smallest absolute Gasteiger partial charge is 0.254 e. The van der Waals surface area contributed by atoms with Gasteiger partial charge in [-0.3, -0.25) is 9.59 Å². The molecule has 4 rings (SSSR count). The van der Waals surface area contributed by atoms with Crippen molar-refractivity contribution in [2.24, 2.45) is 0 Å². The number of phenolic OH excluding ortho intramolecular Hbond substituents is 1. The Kier molecular flexibility index (Phi) is 5.14. The molecule has 0 spiro atoms. The quantitative estimate of drug-likeness (QED) is 0.819. The van der Waals surface area contributed by atoms with E-state index in [1.54, 1.807) is 11.0 Å². The van der Waals surface area contributed by atoms with E-state index in [0.29, 0.717) is 24.9 Å². The molecule has 1 amide bonds. The minimum Gasteiger partial charge on any atom is -0.507 e. The summed E-state index contributed by atoms with van der Waals surface area (Å²) in [4.78, 5) is 34.6. The van der Waals surface area contributed by atoms with Gasteiger partial charge in [-0.2, -0.15) is 0 Å². The Labute approximate surface area is 164 Å². The zero-order valence-electron chi connectivity index (χ0n) is 15.8. The summed E-state index contributed by atoms with van der Waals surface area (Å²) in [6, 6.07) is 8.57. The van der Waals surface area contributed by atoms with Gasteiger partial charge >= 0.3 is 0 Å². The molecule has 1 N–H and O–H groups in total. The van der Waals surface area contributed by atoms with Crippen LogP contribution in [0.1, 0.15) is 33.6 Å². The maximum absolute atomic E-state index is 12.7. The molecule has 0 unspecified atom stereocenters. The number of pyridine rings is 1. The number of hydrogen-bond donors (Lipinski definition) is 1. The minimum absolute atomic E-state index is 0.110. The Morgan fingerprint density at radius 2 is 1.71 bits per heavy atom. The van der Waals surface area contributed by atoms with E-state index in [9.17, 15) is 14.7 Å². The number of aromatic hydroxyl groups is 1. The van der Waals surface area contributed by atoms with Crippen LogP contribution in [-0.4, -0.2) is 66.5 Å². The Balaban J connectivity index is 1.37. The van der Waals surface area contributed by atoms with Gasteiger partial charge < -0.3 is 19.8 Å². The van der Waals surface area contributed by atoms with Crippen molar-refractivity contribution in [3.63, 3.8) is 0 Å². The SMILES string of the molecule is O=Cc1cc(C(=O)N2CCN(c3ccc(N4CCCC4)nc3)CC2)ccc1O.